The molecular weight excluding hydrogens is 314 g/mol. The average Bonchev–Trinajstić information content (AvgIpc) is 2.65. The maximum absolute atomic E-state index is 12.0. The number of piperidine rings is 1. The topological polar surface area (TPSA) is 68.8 Å². The van der Waals surface area contributed by atoms with Crippen LogP contribution in [0, 0.1) is 0 Å². The molecule has 1 heterocycles. The number of amides is 1. The molecule has 1 saturated heterocycles. The summed E-state index contributed by atoms with van der Waals surface area (Å²) in [5.41, 5.74) is 0.682. The Hall–Kier alpha value is -2.08. The van der Waals surface area contributed by atoms with Gasteiger partial charge < -0.3 is 20.9 Å². The monoisotopic (exact) mass is 345 g/mol. The van der Waals surface area contributed by atoms with E-state index in [4.69, 9.17) is 0 Å². The molecule has 1 aromatic rings. The quantitative estimate of drug-likeness (QED) is 0.415. The van der Waals surface area contributed by atoms with Crippen LogP contribution in [0.2, 0.25) is 0 Å². The highest BCUT2D eigenvalue weighted by molar-refractivity contribution is 5.94. The third kappa shape index (κ3) is 6.38. The molecule has 0 spiro atoms. The van der Waals surface area contributed by atoms with Crippen LogP contribution in [0.4, 0.5) is 0 Å². The Morgan fingerprint density at radius 2 is 1.80 bits per heavy atom. The van der Waals surface area contributed by atoms with Crippen molar-refractivity contribution in [2.45, 2.75) is 38.8 Å². The van der Waals surface area contributed by atoms with Crippen LogP contribution in [0.3, 0.4) is 0 Å². The van der Waals surface area contributed by atoms with Crippen LogP contribution in [0.5, 0.6) is 0 Å². The van der Waals surface area contributed by atoms with Gasteiger partial charge in [-0.15, -0.1) is 0 Å². The number of carbonyl (C=O) groups is 1. The molecular formula is C19H31N5O. The highest BCUT2D eigenvalue weighted by Crippen LogP contribution is 2.12. The fourth-order valence-electron chi connectivity index (χ4n) is 3.00. The van der Waals surface area contributed by atoms with Gasteiger partial charge in [-0.05, 0) is 38.8 Å². The number of likely N-dealkylation sites (tertiary alicyclic amines) is 1. The first kappa shape index (κ1) is 19.2. The van der Waals surface area contributed by atoms with Gasteiger partial charge in [-0.1, -0.05) is 18.2 Å². The van der Waals surface area contributed by atoms with Gasteiger partial charge >= 0.3 is 0 Å². The Morgan fingerprint density at radius 1 is 1.16 bits per heavy atom. The number of hydrogen-bond donors (Lipinski definition) is 3. The summed E-state index contributed by atoms with van der Waals surface area (Å²) in [4.78, 5) is 18.8. The van der Waals surface area contributed by atoms with Crippen molar-refractivity contribution in [2.24, 2.45) is 4.99 Å². The summed E-state index contributed by atoms with van der Waals surface area (Å²) >= 11 is 0. The van der Waals surface area contributed by atoms with E-state index in [-0.39, 0.29) is 5.91 Å². The predicted molar refractivity (Wildman–Crippen MR) is 103 cm³/mol. The van der Waals surface area contributed by atoms with Crippen molar-refractivity contribution in [2.75, 3.05) is 33.2 Å². The molecule has 0 atom stereocenters. The smallest absolute Gasteiger partial charge is 0.251 e. The van der Waals surface area contributed by atoms with E-state index >= 15 is 0 Å². The highest BCUT2D eigenvalue weighted by atomic mass is 16.1. The maximum atomic E-state index is 12.0. The number of rotatable bonds is 6. The number of nitrogens with zero attached hydrogens (tertiary/aromatic N) is 2. The lowest BCUT2D eigenvalue weighted by Crippen LogP contribution is -2.50. The molecule has 0 bridgehead atoms. The average molecular weight is 345 g/mol. The van der Waals surface area contributed by atoms with Crippen molar-refractivity contribution in [3.8, 4) is 0 Å². The molecule has 1 aliphatic rings. The van der Waals surface area contributed by atoms with Gasteiger partial charge in [0.2, 0.25) is 0 Å². The Bertz CT molecular complexity index is 550. The van der Waals surface area contributed by atoms with E-state index in [1.807, 2.05) is 30.3 Å². The van der Waals surface area contributed by atoms with Gasteiger partial charge in [-0.3, -0.25) is 9.79 Å². The molecule has 1 aliphatic heterocycles. The van der Waals surface area contributed by atoms with Crippen LogP contribution in [0.15, 0.2) is 35.3 Å². The highest BCUT2D eigenvalue weighted by Gasteiger charge is 2.21. The van der Waals surface area contributed by atoms with Crippen molar-refractivity contribution < 1.29 is 4.79 Å². The van der Waals surface area contributed by atoms with Gasteiger partial charge in [-0.2, -0.15) is 0 Å². The van der Waals surface area contributed by atoms with Gasteiger partial charge in [0, 0.05) is 50.9 Å². The first-order valence-corrected chi connectivity index (χ1v) is 9.14. The summed E-state index contributed by atoms with van der Waals surface area (Å²) in [5, 5.41) is 9.66. The number of nitrogens with one attached hydrogen (secondary N) is 3. The van der Waals surface area contributed by atoms with Crippen molar-refractivity contribution >= 4 is 11.9 Å². The molecule has 0 aliphatic carbocycles. The number of guanidine groups is 1. The third-order valence-electron chi connectivity index (χ3n) is 4.56. The summed E-state index contributed by atoms with van der Waals surface area (Å²) in [6.45, 7) is 7.94. The third-order valence-corrected chi connectivity index (χ3v) is 4.56. The Labute approximate surface area is 151 Å². The number of benzene rings is 1. The number of aliphatic imine (C=N–C) groups is 1. The van der Waals surface area contributed by atoms with Crippen molar-refractivity contribution in [3.63, 3.8) is 0 Å². The van der Waals surface area contributed by atoms with Crippen molar-refractivity contribution in [1.82, 2.24) is 20.9 Å². The normalized spacial score (nSPS) is 16.7. The SMILES string of the molecule is CN=C(NCCNC(=O)c1ccccc1)NC1CCN(C(C)C)CC1. The summed E-state index contributed by atoms with van der Waals surface area (Å²) in [7, 11) is 1.78. The van der Waals surface area contributed by atoms with Crippen molar-refractivity contribution in [3.05, 3.63) is 35.9 Å². The largest absolute Gasteiger partial charge is 0.355 e. The molecule has 6 nitrogen and oxygen atoms in total. The van der Waals surface area contributed by atoms with Crippen molar-refractivity contribution in [1.29, 1.82) is 0 Å². The minimum atomic E-state index is -0.0496. The molecule has 138 valence electrons. The molecule has 6 heteroatoms. The molecule has 1 aromatic carbocycles. The first-order valence-electron chi connectivity index (χ1n) is 9.14. The minimum absolute atomic E-state index is 0.0496. The van der Waals surface area contributed by atoms with E-state index in [1.54, 1.807) is 7.05 Å². The molecule has 2 rings (SSSR count). The van der Waals surface area contributed by atoms with Crippen LogP contribution >= 0.6 is 0 Å². The summed E-state index contributed by atoms with van der Waals surface area (Å²) in [6.07, 6.45) is 2.26. The molecule has 0 radical (unpaired) electrons. The molecule has 0 saturated carbocycles. The van der Waals surface area contributed by atoms with Crippen LogP contribution in [0.1, 0.15) is 37.0 Å². The van der Waals surface area contributed by atoms with Gasteiger partial charge in [-0.25, -0.2) is 0 Å². The summed E-state index contributed by atoms with van der Waals surface area (Å²) in [6, 6.07) is 10.3. The zero-order valence-electron chi connectivity index (χ0n) is 15.6. The molecule has 25 heavy (non-hydrogen) atoms. The standard InChI is InChI=1S/C19H31N5O/c1-15(2)24-13-9-17(10-14-24)23-19(20-3)22-12-11-21-18(25)16-7-5-4-6-8-16/h4-8,15,17H,9-14H2,1-3H3,(H,21,25)(H2,20,22,23). The fourth-order valence-corrected chi connectivity index (χ4v) is 3.00. The molecule has 1 amide bonds. The molecule has 0 aromatic heterocycles. The minimum Gasteiger partial charge on any atom is -0.355 e. The maximum Gasteiger partial charge on any atom is 0.251 e. The second-order valence-corrected chi connectivity index (χ2v) is 6.67. The number of hydrogen-bond acceptors (Lipinski definition) is 3. The van der Waals surface area contributed by atoms with Crippen LogP contribution in [-0.2, 0) is 0 Å². The Morgan fingerprint density at radius 3 is 2.40 bits per heavy atom. The zero-order valence-corrected chi connectivity index (χ0v) is 15.6. The number of carbonyl (C=O) groups excluding carboxylic acids is 1. The van der Waals surface area contributed by atoms with Crippen LogP contribution in [0.25, 0.3) is 0 Å². The zero-order chi connectivity index (χ0) is 18.1. The summed E-state index contributed by atoms with van der Waals surface area (Å²) < 4.78 is 0. The lowest BCUT2D eigenvalue weighted by atomic mass is 10.0. The van der Waals surface area contributed by atoms with E-state index in [0.717, 1.165) is 31.9 Å². The fraction of sp³-hybridized carbons (Fsp3) is 0.579. The van der Waals surface area contributed by atoms with E-state index in [0.29, 0.717) is 30.7 Å². The van der Waals surface area contributed by atoms with E-state index in [2.05, 4.69) is 39.7 Å². The lowest BCUT2D eigenvalue weighted by Gasteiger charge is -2.35. The lowest BCUT2D eigenvalue weighted by molar-refractivity contribution is 0.0954. The van der Waals surface area contributed by atoms with Gasteiger partial charge in [0.15, 0.2) is 5.96 Å². The molecule has 1 fully saturated rings. The first-order chi connectivity index (χ1) is 12.1. The van der Waals surface area contributed by atoms with Crippen LogP contribution in [-0.4, -0.2) is 62.1 Å². The Balaban J connectivity index is 1.65. The molecule has 0 unspecified atom stereocenters. The summed E-state index contributed by atoms with van der Waals surface area (Å²) in [5.74, 6) is 0.753. The second kappa shape index (κ2) is 10.0. The Kier molecular flexibility index (Phi) is 7.73. The molecule has 3 N–H and O–H groups in total. The van der Waals surface area contributed by atoms with Gasteiger partial charge in [0.05, 0.1) is 0 Å². The van der Waals surface area contributed by atoms with Gasteiger partial charge in [0.1, 0.15) is 0 Å². The predicted octanol–water partition coefficient (Wildman–Crippen LogP) is 1.45. The second-order valence-electron chi connectivity index (χ2n) is 6.67. The van der Waals surface area contributed by atoms with E-state index in [9.17, 15) is 4.79 Å². The van der Waals surface area contributed by atoms with E-state index < -0.39 is 0 Å². The van der Waals surface area contributed by atoms with Crippen LogP contribution < -0.4 is 16.0 Å². The van der Waals surface area contributed by atoms with Gasteiger partial charge in [0.25, 0.3) is 5.91 Å². The van der Waals surface area contributed by atoms with E-state index in [1.165, 1.54) is 0 Å².